The van der Waals surface area contributed by atoms with Crippen molar-refractivity contribution in [2.75, 3.05) is 19.7 Å². The lowest BCUT2D eigenvalue weighted by atomic mass is 9.68. The molecular weight excluding hydrogens is 336 g/mol. The number of carbonyl (C=O) groups excluding carboxylic acids is 1. The number of hydrogen-bond donors (Lipinski definition) is 1. The lowest BCUT2D eigenvalue weighted by molar-refractivity contribution is -0.128. The molecule has 3 atom stereocenters. The summed E-state index contributed by atoms with van der Waals surface area (Å²) in [5.41, 5.74) is 0.880. The van der Waals surface area contributed by atoms with Crippen molar-refractivity contribution in [1.29, 1.82) is 0 Å². The van der Waals surface area contributed by atoms with E-state index >= 15 is 0 Å². The fourth-order valence-corrected chi connectivity index (χ4v) is 5.64. The van der Waals surface area contributed by atoms with Crippen LogP contribution in [0.4, 0.5) is 0 Å². The van der Waals surface area contributed by atoms with Crippen molar-refractivity contribution >= 4 is 5.91 Å². The van der Waals surface area contributed by atoms with Crippen LogP contribution >= 0.6 is 0 Å². The Hall–Kier alpha value is -1.39. The molecule has 5 rings (SSSR count). The van der Waals surface area contributed by atoms with Crippen LogP contribution in [0.5, 0.6) is 0 Å². The third-order valence-corrected chi connectivity index (χ3v) is 7.40. The number of benzene rings is 1. The summed E-state index contributed by atoms with van der Waals surface area (Å²) in [6, 6.07) is 11.3. The minimum Gasteiger partial charge on any atom is -0.375 e. The van der Waals surface area contributed by atoms with E-state index in [1.54, 1.807) is 0 Å². The maximum atomic E-state index is 13.5. The molecule has 1 amide bonds. The first kappa shape index (κ1) is 17.7. The molecule has 146 valence electrons. The van der Waals surface area contributed by atoms with Gasteiger partial charge < -0.3 is 10.1 Å². The van der Waals surface area contributed by atoms with E-state index in [2.05, 4.69) is 34.5 Å². The molecule has 2 saturated carbocycles. The van der Waals surface area contributed by atoms with Crippen molar-refractivity contribution in [2.45, 2.75) is 75.0 Å². The maximum Gasteiger partial charge on any atom is 0.230 e. The monoisotopic (exact) mass is 368 g/mol. The van der Waals surface area contributed by atoms with Gasteiger partial charge in [-0.05, 0) is 43.6 Å². The Morgan fingerprint density at radius 3 is 2.59 bits per heavy atom. The highest BCUT2D eigenvalue weighted by Crippen LogP contribution is 2.41. The highest BCUT2D eigenvalue weighted by Gasteiger charge is 2.45. The Kier molecular flexibility index (Phi) is 4.73. The van der Waals surface area contributed by atoms with Crippen molar-refractivity contribution in [3.05, 3.63) is 35.9 Å². The van der Waals surface area contributed by atoms with E-state index in [1.165, 1.54) is 24.8 Å². The largest absolute Gasteiger partial charge is 0.375 e. The molecule has 2 saturated heterocycles. The quantitative estimate of drug-likeness (QED) is 0.887. The Balaban J connectivity index is 1.27. The van der Waals surface area contributed by atoms with Gasteiger partial charge >= 0.3 is 0 Å². The molecule has 0 aromatic heterocycles. The van der Waals surface area contributed by atoms with Crippen LogP contribution in [-0.4, -0.2) is 48.7 Å². The van der Waals surface area contributed by atoms with Gasteiger partial charge in [0.1, 0.15) is 0 Å². The lowest BCUT2D eigenvalue weighted by Crippen LogP contribution is -2.50. The van der Waals surface area contributed by atoms with Gasteiger partial charge in [-0.25, -0.2) is 0 Å². The molecule has 0 radical (unpaired) electrons. The maximum absolute atomic E-state index is 13.5. The van der Waals surface area contributed by atoms with Gasteiger partial charge in [0.05, 0.1) is 18.1 Å². The smallest absolute Gasteiger partial charge is 0.230 e. The second kappa shape index (κ2) is 7.21. The zero-order valence-corrected chi connectivity index (χ0v) is 16.2. The fraction of sp³-hybridized carbons (Fsp3) is 0.696. The summed E-state index contributed by atoms with van der Waals surface area (Å²) in [7, 11) is 0. The second-order valence-electron chi connectivity index (χ2n) is 9.23. The van der Waals surface area contributed by atoms with Crippen molar-refractivity contribution in [3.8, 4) is 0 Å². The Labute approximate surface area is 162 Å². The SMILES string of the molecule is O=C(N[C@@H]1C[C@H]2CO[C@@H](C3CC3)CN2C1)C1(c2ccccc2)CCCCC1. The predicted molar refractivity (Wildman–Crippen MR) is 106 cm³/mol. The molecule has 4 aliphatic rings. The first-order valence-corrected chi connectivity index (χ1v) is 11.0. The molecule has 1 N–H and O–H groups in total. The minimum atomic E-state index is -0.324. The van der Waals surface area contributed by atoms with E-state index in [4.69, 9.17) is 4.74 Å². The van der Waals surface area contributed by atoms with Crippen molar-refractivity contribution in [3.63, 3.8) is 0 Å². The number of rotatable bonds is 4. The standard InChI is InChI=1S/C23H32N2O2/c26-22(23(11-5-2-6-12-23)18-7-3-1-4-8-18)24-19-13-20-16-27-21(17-9-10-17)15-25(20)14-19/h1,3-4,7-8,17,19-21H,2,5-6,9-16H2,(H,24,26)/t19-,20+,21-/m1/s1. The van der Waals surface area contributed by atoms with E-state index < -0.39 is 0 Å². The van der Waals surface area contributed by atoms with Gasteiger partial charge in [0.25, 0.3) is 0 Å². The Morgan fingerprint density at radius 2 is 1.85 bits per heavy atom. The van der Waals surface area contributed by atoms with Gasteiger partial charge in [-0.15, -0.1) is 0 Å². The van der Waals surface area contributed by atoms with Crippen LogP contribution in [0.15, 0.2) is 30.3 Å². The minimum absolute atomic E-state index is 0.262. The van der Waals surface area contributed by atoms with Gasteiger partial charge in [0.2, 0.25) is 5.91 Å². The molecule has 1 aromatic rings. The van der Waals surface area contributed by atoms with Crippen molar-refractivity contribution in [2.24, 2.45) is 5.92 Å². The van der Waals surface area contributed by atoms with Crippen LogP contribution in [-0.2, 0) is 14.9 Å². The average Bonchev–Trinajstić information content (AvgIpc) is 3.49. The van der Waals surface area contributed by atoms with Crippen molar-refractivity contribution < 1.29 is 9.53 Å². The van der Waals surface area contributed by atoms with E-state index in [9.17, 15) is 4.79 Å². The zero-order chi connectivity index (χ0) is 18.3. The number of morpholine rings is 1. The van der Waals surface area contributed by atoms with Crippen LogP contribution in [0.1, 0.15) is 56.9 Å². The summed E-state index contributed by atoms with van der Waals surface area (Å²) in [4.78, 5) is 16.1. The molecule has 1 aromatic carbocycles. The van der Waals surface area contributed by atoms with Crippen LogP contribution in [0.2, 0.25) is 0 Å². The molecule has 4 heteroatoms. The number of fused-ring (bicyclic) bond motifs is 1. The lowest BCUT2D eigenvalue weighted by Gasteiger charge is -2.37. The fourth-order valence-electron chi connectivity index (χ4n) is 5.64. The molecule has 2 aliphatic carbocycles. The van der Waals surface area contributed by atoms with Gasteiger partial charge in [-0.3, -0.25) is 9.69 Å². The highest BCUT2D eigenvalue weighted by atomic mass is 16.5. The first-order chi connectivity index (χ1) is 13.2. The zero-order valence-electron chi connectivity index (χ0n) is 16.2. The molecule has 27 heavy (non-hydrogen) atoms. The molecule has 2 aliphatic heterocycles. The molecule has 0 unspecified atom stereocenters. The molecule has 4 fully saturated rings. The highest BCUT2D eigenvalue weighted by molar-refractivity contribution is 5.88. The normalized spacial score (nSPS) is 33.4. The van der Waals surface area contributed by atoms with E-state index in [0.29, 0.717) is 12.1 Å². The van der Waals surface area contributed by atoms with E-state index in [1.807, 2.05) is 6.07 Å². The number of hydrogen-bond acceptors (Lipinski definition) is 3. The molecule has 4 nitrogen and oxygen atoms in total. The summed E-state index contributed by atoms with van der Waals surface area (Å²) in [5.74, 6) is 1.06. The molecule has 0 spiro atoms. The van der Waals surface area contributed by atoms with Gasteiger partial charge in [0, 0.05) is 25.2 Å². The average molecular weight is 369 g/mol. The molecule has 2 heterocycles. The first-order valence-electron chi connectivity index (χ1n) is 11.0. The van der Waals surface area contributed by atoms with Crippen LogP contribution in [0.3, 0.4) is 0 Å². The number of nitrogens with zero attached hydrogens (tertiary/aromatic N) is 1. The summed E-state index contributed by atoms with van der Waals surface area (Å²) < 4.78 is 6.12. The predicted octanol–water partition coefficient (Wildman–Crippen LogP) is 3.26. The Bertz CT molecular complexity index is 666. The summed E-state index contributed by atoms with van der Waals surface area (Å²) in [6.45, 7) is 2.90. The van der Waals surface area contributed by atoms with E-state index in [-0.39, 0.29) is 17.4 Å². The second-order valence-corrected chi connectivity index (χ2v) is 9.23. The number of amides is 1. The van der Waals surface area contributed by atoms with E-state index in [0.717, 1.165) is 57.7 Å². The number of ether oxygens (including phenoxy) is 1. The van der Waals surface area contributed by atoms with Gasteiger partial charge in [-0.1, -0.05) is 49.6 Å². The third kappa shape index (κ3) is 3.42. The third-order valence-electron chi connectivity index (χ3n) is 7.40. The summed E-state index contributed by atoms with van der Waals surface area (Å²) in [5, 5.41) is 3.47. The van der Waals surface area contributed by atoms with Crippen molar-refractivity contribution in [1.82, 2.24) is 10.2 Å². The van der Waals surface area contributed by atoms with Crippen LogP contribution in [0, 0.1) is 5.92 Å². The van der Waals surface area contributed by atoms with Crippen LogP contribution < -0.4 is 5.32 Å². The Morgan fingerprint density at radius 1 is 1.07 bits per heavy atom. The summed E-state index contributed by atoms with van der Waals surface area (Å²) >= 11 is 0. The molecular formula is C23H32N2O2. The van der Waals surface area contributed by atoms with Crippen LogP contribution in [0.25, 0.3) is 0 Å². The number of carbonyl (C=O) groups is 1. The van der Waals surface area contributed by atoms with Gasteiger partial charge in [0.15, 0.2) is 0 Å². The molecule has 0 bridgehead atoms. The summed E-state index contributed by atoms with van der Waals surface area (Å²) in [6.07, 6.45) is 9.66. The number of nitrogens with one attached hydrogen (secondary N) is 1. The topological polar surface area (TPSA) is 41.6 Å². The van der Waals surface area contributed by atoms with Gasteiger partial charge in [-0.2, -0.15) is 0 Å².